The molecule has 0 radical (unpaired) electrons. The number of hydrogen-bond acceptors (Lipinski definition) is 4. The largest absolute Gasteiger partial charge is 0.444 e. The first kappa shape index (κ1) is 16.5. The molecule has 0 aromatic carbocycles. The van der Waals surface area contributed by atoms with Gasteiger partial charge in [-0.2, -0.15) is 0 Å². The first-order valence-electron chi connectivity index (χ1n) is 7.15. The molecule has 0 aliphatic carbocycles. The Morgan fingerprint density at radius 1 is 1.14 bits per heavy atom. The molecular formula is C15H20ClN3O3. The molecule has 0 N–H and O–H groups in total. The molecule has 6 nitrogen and oxygen atoms in total. The summed E-state index contributed by atoms with van der Waals surface area (Å²) in [7, 11) is 0. The number of halogens is 1. The van der Waals surface area contributed by atoms with Crippen molar-refractivity contribution in [3.63, 3.8) is 0 Å². The molecule has 22 heavy (non-hydrogen) atoms. The summed E-state index contributed by atoms with van der Waals surface area (Å²) in [6, 6.07) is 3.24. The number of rotatable bonds is 1. The standard InChI is InChI=1S/C15H20ClN3O3/c1-15(2,3)22-14(21)19-8-6-18(7-9-19)13(20)11-4-5-12(16)17-10-11/h4-5,10H,6-9H2,1-3H3. The molecule has 2 amide bonds. The number of aromatic nitrogens is 1. The van der Waals surface area contributed by atoms with Gasteiger partial charge in [0, 0.05) is 32.4 Å². The average molecular weight is 326 g/mol. The van der Waals surface area contributed by atoms with Crippen molar-refractivity contribution in [3.8, 4) is 0 Å². The Morgan fingerprint density at radius 2 is 1.73 bits per heavy atom. The molecule has 0 atom stereocenters. The molecule has 2 rings (SSSR count). The van der Waals surface area contributed by atoms with Crippen molar-refractivity contribution in [2.75, 3.05) is 26.2 Å². The third-order valence-electron chi connectivity index (χ3n) is 3.19. The molecule has 1 aromatic heterocycles. The predicted molar refractivity (Wildman–Crippen MR) is 83.0 cm³/mol. The molecule has 7 heteroatoms. The van der Waals surface area contributed by atoms with Crippen LogP contribution in [0.1, 0.15) is 31.1 Å². The minimum Gasteiger partial charge on any atom is -0.444 e. The van der Waals surface area contributed by atoms with Gasteiger partial charge in [-0.05, 0) is 32.9 Å². The van der Waals surface area contributed by atoms with Crippen molar-refractivity contribution in [1.82, 2.24) is 14.8 Å². The van der Waals surface area contributed by atoms with Crippen LogP contribution in [0.3, 0.4) is 0 Å². The first-order chi connectivity index (χ1) is 10.3. The van der Waals surface area contributed by atoms with E-state index >= 15 is 0 Å². The Balaban J connectivity index is 1.90. The molecule has 0 unspecified atom stereocenters. The van der Waals surface area contributed by atoms with Gasteiger partial charge in [0.1, 0.15) is 10.8 Å². The summed E-state index contributed by atoms with van der Waals surface area (Å²) in [4.78, 5) is 31.5. The number of amides is 2. The lowest BCUT2D eigenvalue weighted by Gasteiger charge is -2.35. The van der Waals surface area contributed by atoms with E-state index < -0.39 is 5.60 Å². The Hall–Kier alpha value is -1.82. The van der Waals surface area contributed by atoms with Crippen LogP contribution in [0.5, 0.6) is 0 Å². The van der Waals surface area contributed by atoms with Crippen LogP contribution < -0.4 is 0 Å². The van der Waals surface area contributed by atoms with Crippen LogP contribution in [0.2, 0.25) is 5.15 Å². The maximum Gasteiger partial charge on any atom is 0.410 e. The highest BCUT2D eigenvalue weighted by Crippen LogP contribution is 2.14. The summed E-state index contributed by atoms with van der Waals surface area (Å²) >= 11 is 5.71. The van der Waals surface area contributed by atoms with E-state index in [1.165, 1.54) is 6.20 Å². The van der Waals surface area contributed by atoms with Gasteiger partial charge in [0.2, 0.25) is 0 Å². The summed E-state index contributed by atoms with van der Waals surface area (Å²) in [5, 5.41) is 0.353. The van der Waals surface area contributed by atoms with Crippen LogP contribution >= 0.6 is 11.6 Å². The van der Waals surface area contributed by atoms with E-state index in [4.69, 9.17) is 16.3 Å². The fourth-order valence-electron chi connectivity index (χ4n) is 2.10. The smallest absolute Gasteiger partial charge is 0.410 e. The zero-order chi connectivity index (χ0) is 16.3. The number of carbonyl (C=O) groups excluding carboxylic acids is 2. The topological polar surface area (TPSA) is 62.7 Å². The zero-order valence-corrected chi connectivity index (χ0v) is 13.8. The summed E-state index contributed by atoms with van der Waals surface area (Å²) in [6.07, 6.45) is 1.12. The highest BCUT2D eigenvalue weighted by Gasteiger charge is 2.28. The van der Waals surface area contributed by atoms with Crippen LogP contribution in [0.4, 0.5) is 4.79 Å². The number of nitrogens with zero attached hydrogens (tertiary/aromatic N) is 3. The number of carbonyl (C=O) groups is 2. The molecule has 120 valence electrons. The second-order valence-corrected chi connectivity index (χ2v) is 6.52. The Labute approximate surface area is 135 Å². The van der Waals surface area contributed by atoms with Crippen LogP contribution in [0.25, 0.3) is 0 Å². The van der Waals surface area contributed by atoms with Crippen LogP contribution in [-0.2, 0) is 4.74 Å². The summed E-state index contributed by atoms with van der Waals surface area (Å²) in [5.74, 6) is -0.104. The summed E-state index contributed by atoms with van der Waals surface area (Å²) in [6.45, 7) is 7.36. The molecule has 1 aliphatic heterocycles. The van der Waals surface area contributed by atoms with Gasteiger partial charge in [-0.25, -0.2) is 9.78 Å². The van der Waals surface area contributed by atoms with Gasteiger partial charge in [0.15, 0.2) is 0 Å². The first-order valence-corrected chi connectivity index (χ1v) is 7.53. The lowest BCUT2D eigenvalue weighted by atomic mass is 10.2. The van der Waals surface area contributed by atoms with Gasteiger partial charge >= 0.3 is 6.09 Å². The van der Waals surface area contributed by atoms with Crippen LogP contribution in [0.15, 0.2) is 18.3 Å². The van der Waals surface area contributed by atoms with Crippen molar-refractivity contribution in [2.45, 2.75) is 26.4 Å². The van der Waals surface area contributed by atoms with Gasteiger partial charge in [-0.1, -0.05) is 11.6 Å². The lowest BCUT2D eigenvalue weighted by Crippen LogP contribution is -2.51. The third-order valence-corrected chi connectivity index (χ3v) is 3.42. The van der Waals surface area contributed by atoms with Gasteiger partial charge in [0.25, 0.3) is 5.91 Å². The molecule has 0 spiro atoms. The molecule has 2 heterocycles. The van der Waals surface area contributed by atoms with Gasteiger partial charge in [-0.15, -0.1) is 0 Å². The average Bonchev–Trinajstić information content (AvgIpc) is 2.46. The van der Waals surface area contributed by atoms with Gasteiger partial charge in [-0.3, -0.25) is 4.79 Å². The maximum atomic E-state index is 12.3. The Bertz CT molecular complexity index is 546. The minimum absolute atomic E-state index is 0.104. The quantitative estimate of drug-likeness (QED) is 0.744. The monoisotopic (exact) mass is 325 g/mol. The normalized spacial score (nSPS) is 15.6. The second kappa shape index (κ2) is 6.52. The van der Waals surface area contributed by atoms with E-state index in [0.29, 0.717) is 36.9 Å². The van der Waals surface area contributed by atoms with Crippen molar-refractivity contribution in [2.24, 2.45) is 0 Å². The minimum atomic E-state index is -0.515. The van der Waals surface area contributed by atoms with E-state index in [0.717, 1.165) is 0 Å². The van der Waals surface area contributed by atoms with Crippen molar-refractivity contribution >= 4 is 23.6 Å². The maximum absolute atomic E-state index is 12.3. The number of ether oxygens (including phenoxy) is 1. The highest BCUT2D eigenvalue weighted by atomic mass is 35.5. The number of pyridine rings is 1. The van der Waals surface area contributed by atoms with Gasteiger partial charge < -0.3 is 14.5 Å². The highest BCUT2D eigenvalue weighted by molar-refractivity contribution is 6.29. The van der Waals surface area contributed by atoms with E-state index in [2.05, 4.69) is 4.98 Å². The third kappa shape index (κ3) is 4.34. The van der Waals surface area contributed by atoms with Gasteiger partial charge in [0.05, 0.1) is 5.56 Å². The van der Waals surface area contributed by atoms with E-state index in [1.807, 2.05) is 20.8 Å². The SMILES string of the molecule is CC(C)(C)OC(=O)N1CCN(C(=O)c2ccc(Cl)nc2)CC1. The molecule has 1 fully saturated rings. The van der Waals surface area contributed by atoms with Crippen LogP contribution in [0, 0.1) is 0 Å². The molecule has 1 aromatic rings. The Morgan fingerprint density at radius 3 is 2.23 bits per heavy atom. The van der Waals surface area contributed by atoms with Crippen molar-refractivity contribution in [1.29, 1.82) is 0 Å². The molecular weight excluding hydrogens is 306 g/mol. The summed E-state index contributed by atoms with van der Waals surface area (Å²) < 4.78 is 5.33. The van der Waals surface area contributed by atoms with E-state index in [-0.39, 0.29) is 12.0 Å². The van der Waals surface area contributed by atoms with E-state index in [1.54, 1.807) is 21.9 Å². The predicted octanol–water partition coefficient (Wildman–Crippen LogP) is 2.43. The number of piperazine rings is 1. The summed E-state index contributed by atoms with van der Waals surface area (Å²) in [5.41, 5.74) is -0.0194. The number of hydrogen-bond donors (Lipinski definition) is 0. The fourth-order valence-corrected chi connectivity index (χ4v) is 2.22. The second-order valence-electron chi connectivity index (χ2n) is 6.13. The van der Waals surface area contributed by atoms with E-state index in [9.17, 15) is 9.59 Å². The molecule has 0 saturated carbocycles. The molecule has 0 bridgehead atoms. The fraction of sp³-hybridized carbons (Fsp3) is 0.533. The zero-order valence-electron chi connectivity index (χ0n) is 13.0. The van der Waals surface area contributed by atoms with Crippen LogP contribution in [-0.4, -0.2) is 58.6 Å². The molecule has 1 aliphatic rings. The van der Waals surface area contributed by atoms with Crippen molar-refractivity contribution < 1.29 is 14.3 Å². The van der Waals surface area contributed by atoms with Crippen molar-refractivity contribution in [3.05, 3.63) is 29.0 Å². The Kier molecular flexibility index (Phi) is 4.90. The lowest BCUT2D eigenvalue weighted by molar-refractivity contribution is 0.0141. The molecule has 1 saturated heterocycles.